The van der Waals surface area contributed by atoms with E-state index >= 15 is 0 Å². The average molecular weight is 472 g/mol. The van der Waals surface area contributed by atoms with E-state index in [0.717, 1.165) is 39.3 Å². The van der Waals surface area contributed by atoms with Crippen molar-refractivity contribution >= 4 is 23.1 Å². The second-order valence-corrected chi connectivity index (χ2v) is 10.4. The second-order valence-electron chi connectivity index (χ2n) is 10.4. The standard InChI is InChI=1S/C31H41N3O/c1-21(2)26-12-9-10-15-29(26)34(20-24-16-18-25(19-17-24)33(7)8)31(35)32-30-27(22(3)4)13-11-14-28(30)23(5)6/h9-19,21-23H,20H2,1-8H3,(H,32,35). The van der Waals surface area contributed by atoms with Crippen molar-refractivity contribution in [2.75, 3.05) is 29.2 Å². The van der Waals surface area contributed by atoms with Crippen molar-refractivity contribution in [1.82, 2.24) is 0 Å². The van der Waals surface area contributed by atoms with Gasteiger partial charge in [0.15, 0.2) is 0 Å². The van der Waals surface area contributed by atoms with E-state index in [1.54, 1.807) is 0 Å². The molecule has 0 saturated heterocycles. The van der Waals surface area contributed by atoms with Gasteiger partial charge in [0.25, 0.3) is 0 Å². The number of carbonyl (C=O) groups excluding carboxylic acids is 1. The zero-order valence-corrected chi connectivity index (χ0v) is 22.6. The first-order valence-corrected chi connectivity index (χ1v) is 12.7. The molecule has 1 N–H and O–H groups in total. The van der Waals surface area contributed by atoms with Gasteiger partial charge in [-0.25, -0.2) is 4.79 Å². The molecule has 4 heteroatoms. The summed E-state index contributed by atoms with van der Waals surface area (Å²) < 4.78 is 0. The Hall–Kier alpha value is -3.27. The van der Waals surface area contributed by atoms with Gasteiger partial charge in [0.1, 0.15) is 0 Å². The number of urea groups is 1. The molecule has 186 valence electrons. The SMILES string of the molecule is CC(C)c1ccccc1N(Cc1ccc(N(C)C)cc1)C(=O)Nc1c(C(C)C)cccc1C(C)C. The summed E-state index contributed by atoms with van der Waals surface area (Å²) in [6.45, 7) is 13.5. The maximum Gasteiger partial charge on any atom is 0.326 e. The molecule has 0 fully saturated rings. The molecule has 2 amide bonds. The van der Waals surface area contributed by atoms with Crippen molar-refractivity contribution in [2.24, 2.45) is 0 Å². The van der Waals surface area contributed by atoms with Crippen molar-refractivity contribution in [3.63, 3.8) is 0 Å². The Morgan fingerprint density at radius 1 is 0.714 bits per heavy atom. The van der Waals surface area contributed by atoms with Crippen molar-refractivity contribution in [2.45, 2.75) is 65.8 Å². The van der Waals surface area contributed by atoms with Crippen LogP contribution < -0.4 is 15.1 Å². The lowest BCUT2D eigenvalue weighted by molar-refractivity contribution is 0.256. The fraction of sp³-hybridized carbons (Fsp3) is 0.387. The Kier molecular flexibility index (Phi) is 8.61. The van der Waals surface area contributed by atoms with E-state index in [0.29, 0.717) is 24.3 Å². The Morgan fingerprint density at radius 3 is 1.74 bits per heavy atom. The highest BCUT2D eigenvalue weighted by Crippen LogP contribution is 2.34. The normalized spacial score (nSPS) is 11.3. The van der Waals surface area contributed by atoms with Crippen molar-refractivity contribution in [1.29, 1.82) is 0 Å². The predicted octanol–water partition coefficient (Wildman–Crippen LogP) is 8.36. The molecule has 0 unspecified atom stereocenters. The average Bonchev–Trinajstić information content (AvgIpc) is 2.82. The van der Waals surface area contributed by atoms with E-state index in [9.17, 15) is 4.79 Å². The van der Waals surface area contributed by atoms with Gasteiger partial charge in [-0.2, -0.15) is 0 Å². The molecule has 0 aliphatic rings. The molecule has 0 spiro atoms. The van der Waals surface area contributed by atoms with Crippen molar-refractivity contribution < 1.29 is 4.79 Å². The smallest absolute Gasteiger partial charge is 0.326 e. The summed E-state index contributed by atoms with van der Waals surface area (Å²) in [6, 6.07) is 22.9. The number of amides is 2. The van der Waals surface area contributed by atoms with Gasteiger partial charge in [0.2, 0.25) is 0 Å². The molecule has 4 nitrogen and oxygen atoms in total. The number of hydrogen-bond donors (Lipinski definition) is 1. The molecule has 0 saturated carbocycles. The third-order valence-corrected chi connectivity index (χ3v) is 6.49. The first kappa shape index (κ1) is 26.3. The molecule has 0 aromatic heterocycles. The van der Waals surface area contributed by atoms with Crippen LogP contribution in [0.2, 0.25) is 0 Å². The Labute approximate surface area is 212 Å². The summed E-state index contributed by atoms with van der Waals surface area (Å²) in [5, 5.41) is 3.34. The first-order chi connectivity index (χ1) is 16.6. The summed E-state index contributed by atoms with van der Waals surface area (Å²) in [5.74, 6) is 0.907. The van der Waals surface area contributed by atoms with Crippen LogP contribution in [-0.4, -0.2) is 20.1 Å². The topological polar surface area (TPSA) is 35.6 Å². The molecule has 0 aliphatic heterocycles. The summed E-state index contributed by atoms with van der Waals surface area (Å²) in [5.41, 5.74) is 7.61. The molecule has 0 bridgehead atoms. The minimum Gasteiger partial charge on any atom is -0.378 e. The lowest BCUT2D eigenvalue weighted by Crippen LogP contribution is -2.36. The van der Waals surface area contributed by atoms with Crippen molar-refractivity contribution in [3.05, 3.63) is 89.0 Å². The molecule has 0 heterocycles. The minimum absolute atomic E-state index is 0.107. The van der Waals surface area contributed by atoms with Crippen LogP contribution in [0.5, 0.6) is 0 Å². The molecule has 3 aromatic carbocycles. The molecule has 3 aromatic rings. The van der Waals surface area contributed by atoms with E-state index in [-0.39, 0.29) is 6.03 Å². The quantitative estimate of drug-likeness (QED) is 0.358. The molecule has 0 aliphatic carbocycles. The van der Waals surface area contributed by atoms with Gasteiger partial charge < -0.3 is 10.2 Å². The Balaban J connectivity index is 2.06. The Bertz CT molecular complexity index is 1100. The van der Waals surface area contributed by atoms with E-state index in [1.165, 1.54) is 0 Å². The lowest BCUT2D eigenvalue weighted by Gasteiger charge is -2.29. The third kappa shape index (κ3) is 6.25. The van der Waals surface area contributed by atoms with E-state index < -0.39 is 0 Å². The zero-order chi connectivity index (χ0) is 25.7. The fourth-order valence-corrected chi connectivity index (χ4v) is 4.44. The molecule has 0 atom stereocenters. The van der Waals surface area contributed by atoms with E-state index in [4.69, 9.17) is 0 Å². The largest absolute Gasteiger partial charge is 0.378 e. The summed E-state index contributed by atoms with van der Waals surface area (Å²) in [7, 11) is 4.07. The van der Waals surface area contributed by atoms with Crippen LogP contribution in [0.1, 0.15) is 81.5 Å². The maximum atomic E-state index is 14.0. The van der Waals surface area contributed by atoms with E-state index in [2.05, 4.69) is 106 Å². The van der Waals surface area contributed by atoms with Crippen molar-refractivity contribution in [3.8, 4) is 0 Å². The van der Waals surface area contributed by atoms with Gasteiger partial charge >= 0.3 is 6.03 Å². The van der Waals surface area contributed by atoms with Gasteiger partial charge in [0, 0.05) is 31.2 Å². The lowest BCUT2D eigenvalue weighted by atomic mass is 9.92. The van der Waals surface area contributed by atoms with Crippen LogP contribution in [0.4, 0.5) is 21.9 Å². The zero-order valence-electron chi connectivity index (χ0n) is 22.6. The Morgan fingerprint density at radius 2 is 1.23 bits per heavy atom. The first-order valence-electron chi connectivity index (χ1n) is 12.7. The van der Waals surface area contributed by atoms with E-state index in [1.807, 2.05) is 31.1 Å². The van der Waals surface area contributed by atoms with Crippen LogP contribution in [0.25, 0.3) is 0 Å². The number of para-hydroxylation sites is 2. The minimum atomic E-state index is -0.107. The number of anilines is 3. The van der Waals surface area contributed by atoms with Crippen LogP contribution in [-0.2, 0) is 6.54 Å². The van der Waals surface area contributed by atoms with Gasteiger partial charge in [0.05, 0.1) is 6.54 Å². The summed E-state index contributed by atoms with van der Waals surface area (Å²) >= 11 is 0. The predicted molar refractivity (Wildman–Crippen MR) is 151 cm³/mol. The highest BCUT2D eigenvalue weighted by atomic mass is 16.2. The highest BCUT2D eigenvalue weighted by molar-refractivity contribution is 6.03. The molecular weight excluding hydrogens is 430 g/mol. The van der Waals surface area contributed by atoms with Gasteiger partial charge in [-0.05, 0) is 58.2 Å². The highest BCUT2D eigenvalue weighted by Gasteiger charge is 2.23. The molecule has 35 heavy (non-hydrogen) atoms. The number of rotatable bonds is 8. The van der Waals surface area contributed by atoms with Crippen LogP contribution in [0.3, 0.4) is 0 Å². The van der Waals surface area contributed by atoms with Crippen LogP contribution in [0.15, 0.2) is 66.7 Å². The third-order valence-electron chi connectivity index (χ3n) is 6.49. The fourth-order valence-electron chi connectivity index (χ4n) is 4.44. The van der Waals surface area contributed by atoms with Crippen LogP contribution in [0, 0.1) is 0 Å². The number of carbonyl (C=O) groups is 1. The molecule has 3 rings (SSSR count). The monoisotopic (exact) mass is 471 g/mol. The van der Waals surface area contributed by atoms with Gasteiger partial charge in [-0.1, -0.05) is 90.1 Å². The van der Waals surface area contributed by atoms with Crippen LogP contribution >= 0.6 is 0 Å². The number of hydrogen-bond acceptors (Lipinski definition) is 2. The van der Waals surface area contributed by atoms with Gasteiger partial charge in [-0.15, -0.1) is 0 Å². The number of nitrogens with one attached hydrogen (secondary N) is 1. The maximum absolute atomic E-state index is 14.0. The molecular formula is C31H41N3O. The number of nitrogens with zero attached hydrogens (tertiary/aromatic N) is 2. The second kappa shape index (κ2) is 11.4. The summed E-state index contributed by atoms with van der Waals surface area (Å²) in [6.07, 6.45) is 0. The molecule has 0 radical (unpaired) electrons. The van der Waals surface area contributed by atoms with Gasteiger partial charge in [-0.3, -0.25) is 4.90 Å². The number of benzene rings is 3. The summed E-state index contributed by atoms with van der Waals surface area (Å²) in [4.78, 5) is 18.0.